The Balaban J connectivity index is 1.41. The second-order valence-electron chi connectivity index (χ2n) is 7.55. The maximum absolute atomic E-state index is 12.6. The molecular formula is C17H26N4O2S. The van der Waals surface area contributed by atoms with Crippen molar-refractivity contribution in [3.05, 3.63) is 12.1 Å². The summed E-state index contributed by atoms with van der Waals surface area (Å²) in [6.07, 6.45) is 6.94. The molecule has 0 aromatic carbocycles. The largest absolute Gasteiger partial charge is 0.366 e. The van der Waals surface area contributed by atoms with E-state index in [0.29, 0.717) is 11.9 Å². The summed E-state index contributed by atoms with van der Waals surface area (Å²) in [6.45, 7) is 2.24. The van der Waals surface area contributed by atoms with Crippen LogP contribution in [0.2, 0.25) is 0 Å². The molecule has 0 spiro atoms. The highest BCUT2D eigenvalue weighted by molar-refractivity contribution is 7.92. The lowest BCUT2D eigenvalue weighted by molar-refractivity contribution is 0.481. The van der Waals surface area contributed by atoms with Gasteiger partial charge in [-0.25, -0.2) is 8.42 Å². The van der Waals surface area contributed by atoms with Gasteiger partial charge in [0.05, 0.1) is 5.25 Å². The van der Waals surface area contributed by atoms with Gasteiger partial charge in [-0.05, 0) is 62.7 Å². The number of aromatic nitrogens is 2. The minimum Gasteiger partial charge on any atom is -0.366 e. The van der Waals surface area contributed by atoms with E-state index in [1.807, 2.05) is 0 Å². The van der Waals surface area contributed by atoms with Crippen LogP contribution in [0.5, 0.6) is 0 Å². The molecule has 3 fully saturated rings. The third-order valence-electron chi connectivity index (χ3n) is 5.93. The molecule has 1 aromatic rings. The molecule has 4 rings (SSSR count). The van der Waals surface area contributed by atoms with Gasteiger partial charge in [-0.3, -0.25) is 0 Å². The first-order valence-corrected chi connectivity index (χ1v) is 10.7. The van der Waals surface area contributed by atoms with Crippen LogP contribution in [-0.2, 0) is 9.84 Å². The fourth-order valence-corrected chi connectivity index (χ4v) is 6.30. The van der Waals surface area contributed by atoms with Crippen LogP contribution in [0.1, 0.15) is 44.9 Å². The number of nitrogens with one attached hydrogen (secondary N) is 2. The molecule has 2 aliphatic carbocycles. The van der Waals surface area contributed by atoms with E-state index in [9.17, 15) is 8.42 Å². The third kappa shape index (κ3) is 3.16. The number of hydrogen-bond donors (Lipinski definition) is 2. The number of anilines is 1. The molecule has 0 radical (unpaired) electrons. The molecule has 6 nitrogen and oxygen atoms in total. The smallest absolute Gasteiger partial charge is 0.200 e. The predicted molar refractivity (Wildman–Crippen MR) is 92.6 cm³/mol. The van der Waals surface area contributed by atoms with Gasteiger partial charge in [-0.15, -0.1) is 10.2 Å². The molecule has 1 unspecified atom stereocenters. The van der Waals surface area contributed by atoms with Gasteiger partial charge in [0.25, 0.3) is 0 Å². The minimum atomic E-state index is -3.33. The average Bonchev–Trinajstić information content (AvgIpc) is 3.18. The van der Waals surface area contributed by atoms with Crippen LogP contribution in [0.25, 0.3) is 0 Å². The van der Waals surface area contributed by atoms with Crippen molar-refractivity contribution in [2.24, 2.45) is 11.8 Å². The zero-order valence-corrected chi connectivity index (χ0v) is 14.8. The van der Waals surface area contributed by atoms with Gasteiger partial charge in [0.1, 0.15) is 5.82 Å². The second-order valence-corrected chi connectivity index (χ2v) is 9.73. The monoisotopic (exact) mass is 350 g/mol. The van der Waals surface area contributed by atoms with E-state index >= 15 is 0 Å². The summed E-state index contributed by atoms with van der Waals surface area (Å²) in [5, 5.41) is 14.9. The fourth-order valence-electron chi connectivity index (χ4n) is 4.59. The maximum atomic E-state index is 12.6. The normalized spacial score (nSPS) is 31.1. The highest BCUT2D eigenvalue weighted by Crippen LogP contribution is 2.35. The van der Waals surface area contributed by atoms with Crippen molar-refractivity contribution >= 4 is 15.7 Å². The molecule has 2 saturated carbocycles. The number of hydrogen-bond acceptors (Lipinski definition) is 6. The van der Waals surface area contributed by atoms with E-state index < -0.39 is 9.84 Å². The fraction of sp³-hybridized carbons (Fsp3) is 0.765. The molecule has 2 N–H and O–H groups in total. The van der Waals surface area contributed by atoms with E-state index in [1.54, 1.807) is 12.1 Å². The van der Waals surface area contributed by atoms with Crippen molar-refractivity contribution in [1.29, 1.82) is 0 Å². The zero-order chi connectivity index (χ0) is 16.6. The summed E-state index contributed by atoms with van der Waals surface area (Å²) < 4.78 is 25.3. The standard InChI is InChI=1S/C17H26N4O2S/c22-24(23,15-4-2-1-3-5-15)17-7-6-16(20-21-17)19-14-8-12-10-18-11-13(12)9-14/h6-7,12-15,18H,1-5,8-11H2,(H,19,20)/t12-,13?,14+/m1/s1. The molecule has 132 valence electrons. The number of rotatable bonds is 4. The van der Waals surface area contributed by atoms with E-state index in [1.165, 1.54) is 0 Å². The first-order valence-electron chi connectivity index (χ1n) is 9.18. The van der Waals surface area contributed by atoms with Crippen molar-refractivity contribution in [3.63, 3.8) is 0 Å². The van der Waals surface area contributed by atoms with E-state index in [4.69, 9.17) is 0 Å². The van der Waals surface area contributed by atoms with E-state index in [2.05, 4.69) is 20.8 Å². The second kappa shape index (κ2) is 6.59. The van der Waals surface area contributed by atoms with Gasteiger partial charge in [-0.2, -0.15) is 0 Å². The zero-order valence-electron chi connectivity index (χ0n) is 13.9. The Morgan fingerprint density at radius 2 is 1.71 bits per heavy atom. The Kier molecular flexibility index (Phi) is 4.47. The quantitative estimate of drug-likeness (QED) is 0.864. The molecule has 3 aliphatic rings. The highest BCUT2D eigenvalue weighted by Gasteiger charge is 2.37. The molecule has 0 amide bonds. The Labute approximate surface area is 143 Å². The average molecular weight is 350 g/mol. The minimum absolute atomic E-state index is 0.132. The molecule has 24 heavy (non-hydrogen) atoms. The van der Waals surface area contributed by atoms with Crippen LogP contribution < -0.4 is 10.6 Å². The summed E-state index contributed by atoms with van der Waals surface area (Å²) in [4.78, 5) is 0. The summed E-state index contributed by atoms with van der Waals surface area (Å²) in [5.74, 6) is 2.22. The SMILES string of the molecule is O=S(=O)(c1ccc(N[C@@H]2CC3CNC[C@H]3C2)nn1)C1CCCCC1. The van der Waals surface area contributed by atoms with Gasteiger partial charge in [0.15, 0.2) is 14.9 Å². The number of fused-ring (bicyclic) bond motifs is 1. The summed E-state index contributed by atoms with van der Waals surface area (Å²) in [7, 11) is -3.33. The molecule has 0 bridgehead atoms. The summed E-state index contributed by atoms with van der Waals surface area (Å²) in [5.41, 5.74) is 0. The van der Waals surface area contributed by atoms with E-state index in [-0.39, 0.29) is 10.3 Å². The molecule has 1 aliphatic heterocycles. The Hall–Kier alpha value is -1.21. The molecule has 1 aromatic heterocycles. The molecule has 7 heteroatoms. The van der Waals surface area contributed by atoms with Gasteiger partial charge in [0, 0.05) is 6.04 Å². The Morgan fingerprint density at radius 1 is 1.00 bits per heavy atom. The van der Waals surface area contributed by atoms with Gasteiger partial charge >= 0.3 is 0 Å². The lowest BCUT2D eigenvalue weighted by Gasteiger charge is -2.21. The summed E-state index contributed by atoms with van der Waals surface area (Å²) >= 11 is 0. The van der Waals surface area contributed by atoms with E-state index in [0.717, 1.165) is 69.9 Å². The highest BCUT2D eigenvalue weighted by atomic mass is 32.2. The van der Waals surface area contributed by atoms with Gasteiger partial charge in [-0.1, -0.05) is 19.3 Å². The molecule has 3 atom stereocenters. The van der Waals surface area contributed by atoms with Crippen molar-refractivity contribution in [1.82, 2.24) is 15.5 Å². The Morgan fingerprint density at radius 3 is 2.33 bits per heavy atom. The molecular weight excluding hydrogens is 324 g/mol. The van der Waals surface area contributed by atoms with Crippen molar-refractivity contribution in [2.45, 2.75) is 61.3 Å². The van der Waals surface area contributed by atoms with Crippen LogP contribution in [0.3, 0.4) is 0 Å². The van der Waals surface area contributed by atoms with Crippen LogP contribution in [-0.4, -0.2) is 43.0 Å². The third-order valence-corrected chi connectivity index (χ3v) is 8.08. The van der Waals surface area contributed by atoms with Gasteiger partial charge in [0.2, 0.25) is 0 Å². The lowest BCUT2D eigenvalue weighted by atomic mass is 10.0. The van der Waals surface area contributed by atoms with Crippen molar-refractivity contribution in [3.8, 4) is 0 Å². The number of sulfone groups is 1. The topological polar surface area (TPSA) is 84.0 Å². The first kappa shape index (κ1) is 16.3. The van der Waals surface area contributed by atoms with Crippen LogP contribution >= 0.6 is 0 Å². The van der Waals surface area contributed by atoms with Gasteiger partial charge < -0.3 is 10.6 Å². The Bertz CT molecular complexity index is 658. The van der Waals surface area contributed by atoms with Crippen LogP contribution in [0.15, 0.2) is 17.2 Å². The van der Waals surface area contributed by atoms with Crippen LogP contribution in [0, 0.1) is 11.8 Å². The maximum Gasteiger partial charge on any atom is 0.200 e. The van der Waals surface area contributed by atoms with Crippen LogP contribution in [0.4, 0.5) is 5.82 Å². The predicted octanol–water partition coefficient (Wildman–Crippen LogP) is 1.99. The van der Waals surface area contributed by atoms with Crippen molar-refractivity contribution in [2.75, 3.05) is 18.4 Å². The number of nitrogens with zero attached hydrogens (tertiary/aromatic N) is 2. The lowest BCUT2D eigenvalue weighted by Crippen LogP contribution is -2.25. The molecule has 1 saturated heterocycles. The molecule has 2 heterocycles. The first-order chi connectivity index (χ1) is 11.6. The summed E-state index contributed by atoms with van der Waals surface area (Å²) in [6, 6.07) is 3.82. The van der Waals surface area contributed by atoms with Crippen molar-refractivity contribution < 1.29 is 8.42 Å².